The van der Waals surface area contributed by atoms with Crippen LogP contribution in [0.2, 0.25) is 0 Å². The molecule has 1 amide bonds. The predicted molar refractivity (Wildman–Crippen MR) is 101 cm³/mol. The Morgan fingerprint density at radius 1 is 1.15 bits per heavy atom. The minimum atomic E-state index is -3.07. The summed E-state index contributed by atoms with van der Waals surface area (Å²) in [5.41, 5.74) is 2.43. The summed E-state index contributed by atoms with van der Waals surface area (Å²) in [6.45, 7) is 0. The number of hydrogen-bond acceptors (Lipinski definition) is 5. The first kappa shape index (κ1) is 17.4. The van der Waals surface area contributed by atoms with Crippen molar-refractivity contribution in [1.82, 2.24) is 20.1 Å². The number of para-hydroxylation sites is 1. The van der Waals surface area contributed by atoms with Crippen LogP contribution >= 0.6 is 0 Å². The SMILES string of the molecule is O=C(NC1CCS(=O)(=O)C1)c1cn(-c2ccccc2)nc1-c1cccnc1. The quantitative estimate of drug-likeness (QED) is 0.743. The molecule has 3 aromatic rings. The normalized spacial score (nSPS) is 18.3. The first-order valence-electron chi connectivity index (χ1n) is 8.59. The topological polar surface area (TPSA) is 94.0 Å². The lowest BCUT2D eigenvalue weighted by molar-refractivity contribution is 0.0942. The third-order valence-corrected chi connectivity index (χ3v) is 6.25. The van der Waals surface area contributed by atoms with Crippen molar-refractivity contribution in [2.75, 3.05) is 11.5 Å². The molecule has 1 aliphatic heterocycles. The van der Waals surface area contributed by atoms with Gasteiger partial charge in [0.1, 0.15) is 5.69 Å². The first-order valence-corrected chi connectivity index (χ1v) is 10.4. The molecule has 1 fully saturated rings. The van der Waals surface area contributed by atoms with Gasteiger partial charge in [0, 0.05) is 30.2 Å². The second-order valence-corrected chi connectivity index (χ2v) is 8.72. The molecule has 1 unspecified atom stereocenters. The Balaban J connectivity index is 1.70. The fourth-order valence-corrected chi connectivity index (χ4v) is 4.81. The fourth-order valence-electron chi connectivity index (χ4n) is 3.14. The molecule has 0 bridgehead atoms. The number of pyridine rings is 1. The molecule has 2 aromatic heterocycles. The lowest BCUT2D eigenvalue weighted by Gasteiger charge is -2.10. The molecule has 138 valence electrons. The zero-order valence-electron chi connectivity index (χ0n) is 14.4. The van der Waals surface area contributed by atoms with E-state index in [4.69, 9.17) is 0 Å². The maximum atomic E-state index is 12.9. The van der Waals surface area contributed by atoms with Gasteiger partial charge in [-0.1, -0.05) is 18.2 Å². The van der Waals surface area contributed by atoms with Crippen molar-refractivity contribution in [2.24, 2.45) is 0 Å². The molecule has 1 saturated heterocycles. The molecular formula is C19H18N4O3S. The molecule has 4 rings (SSSR count). The van der Waals surface area contributed by atoms with Gasteiger partial charge in [0.05, 0.1) is 22.8 Å². The van der Waals surface area contributed by atoms with E-state index in [9.17, 15) is 13.2 Å². The molecule has 0 aliphatic carbocycles. The lowest BCUT2D eigenvalue weighted by atomic mass is 10.1. The van der Waals surface area contributed by atoms with E-state index in [-0.39, 0.29) is 23.5 Å². The summed E-state index contributed by atoms with van der Waals surface area (Å²) in [5, 5.41) is 7.41. The monoisotopic (exact) mass is 382 g/mol. The lowest BCUT2D eigenvalue weighted by Crippen LogP contribution is -2.35. The van der Waals surface area contributed by atoms with E-state index in [0.29, 0.717) is 17.7 Å². The van der Waals surface area contributed by atoms with Gasteiger partial charge >= 0.3 is 0 Å². The molecule has 0 spiro atoms. The minimum absolute atomic E-state index is 0.0201. The molecule has 7 nitrogen and oxygen atoms in total. The van der Waals surface area contributed by atoms with Gasteiger partial charge < -0.3 is 5.32 Å². The van der Waals surface area contributed by atoms with Crippen molar-refractivity contribution in [3.63, 3.8) is 0 Å². The van der Waals surface area contributed by atoms with Crippen molar-refractivity contribution in [3.05, 3.63) is 66.6 Å². The number of nitrogens with one attached hydrogen (secondary N) is 1. The predicted octanol–water partition coefficient (Wildman–Crippen LogP) is 1.85. The van der Waals surface area contributed by atoms with Crippen LogP contribution in [0.4, 0.5) is 0 Å². The molecule has 1 aliphatic rings. The summed E-state index contributed by atoms with van der Waals surface area (Å²) < 4.78 is 25.0. The van der Waals surface area contributed by atoms with Crippen LogP contribution in [0.25, 0.3) is 16.9 Å². The van der Waals surface area contributed by atoms with Crippen molar-refractivity contribution in [3.8, 4) is 16.9 Å². The van der Waals surface area contributed by atoms with Crippen molar-refractivity contribution < 1.29 is 13.2 Å². The Hall–Kier alpha value is -3.00. The van der Waals surface area contributed by atoms with E-state index in [1.165, 1.54) is 0 Å². The first-order chi connectivity index (χ1) is 13.0. The Bertz CT molecular complexity index is 1060. The zero-order chi connectivity index (χ0) is 18.9. The van der Waals surface area contributed by atoms with E-state index in [1.54, 1.807) is 29.3 Å². The van der Waals surface area contributed by atoms with E-state index in [0.717, 1.165) is 11.3 Å². The molecule has 1 atom stereocenters. The van der Waals surface area contributed by atoms with E-state index < -0.39 is 9.84 Å². The van der Waals surface area contributed by atoms with E-state index >= 15 is 0 Å². The molecule has 27 heavy (non-hydrogen) atoms. The second-order valence-electron chi connectivity index (χ2n) is 6.49. The van der Waals surface area contributed by atoms with Gasteiger partial charge in [-0.05, 0) is 30.7 Å². The van der Waals surface area contributed by atoms with Crippen LogP contribution in [0, 0.1) is 0 Å². The van der Waals surface area contributed by atoms with Gasteiger partial charge in [-0.2, -0.15) is 5.10 Å². The average Bonchev–Trinajstić information content (AvgIpc) is 3.27. The number of rotatable bonds is 4. The highest BCUT2D eigenvalue weighted by Gasteiger charge is 2.30. The molecule has 8 heteroatoms. The smallest absolute Gasteiger partial charge is 0.255 e. The zero-order valence-corrected chi connectivity index (χ0v) is 15.3. The number of carbonyl (C=O) groups is 1. The number of hydrogen-bond donors (Lipinski definition) is 1. The number of benzene rings is 1. The second kappa shape index (κ2) is 6.96. The molecule has 3 heterocycles. The minimum Gasteiger partial charge on any atom is -0.348 e. The van der Waals surface area contributed by atoms with Crippen molar-refractivity contribution in [2.45, 2.75) is 12.5 Å². The molecule has 1 N–H and O–H groups in total. The van der Waals surface area contributed by atoms with Crippen LogP contribution in [-0.2, 0) is 9.84 Å². The van der Waals surface area contributed by atoms with Gasteiger partial charge in [-0.15, -0.1) is 0 Å². The Morgan fingerprint density at radius 3 is 2.63 bits per heavy atom. The Labute approximate surface area is 157 Å². The van der Waals surface area contributed by atoms with Crippen molar-refractivity contribution in [1.29, 1.82) is 0 Å². The van der Waals surface area contributed by atoms with Crippen molar-refractivity contribution >= 4 is 15.7 Å². The maximum Gasteiger partial charge on any atom is 0.255 e. The summed E-state index contributed by atoms with van der Waals surface area (Å²) in [7, 11) is -3.07. The summed E-state index contributed by atoms with van der Waals surface area (Å²) in [5.74, 6) is -0.247. The number of aromatic nitrogens is 3. The third kappa shape index (κ3) is 3.75. The highest BCUT2D eigenvalue weighted by Crippen LogP contribution is 2.23. The number of nitrogens with zero attached hydrogens (tertiary/aromatic N) is 3. The van der Waals surface area contributed by atoms with Gasteiger partial charge in [0.15, 0.2) is 9.84 Å². The van der Waals surface area contributed by atoms with Gasteiger partial charge in [-0.3, -0.25) is 9.78 Å². The van der Waals surface area contributed by atoms with Gasteiger partial charge in [0.2, 0.25) is 0 Å². The molecule has 0 saturated carbocycles. The van der Waals surface area contributed by atoms with Crippen LogP contribution in [0.3, 0.4) is 0 Å². The largest absolute Gasteiger partial charge is 0.348 e. The van der Waals surface area contributed by atoms with E-state index in [1.807, 2.05) is 36.4 Å². The molecule has 0 radical (unpaired) electrons. The Kier molecular flexibility index (Phi) is 4.49. The fraction of sp³-hybridized carbons (Fsp3) is 0.211. The van der Waals surface area contributed by atoms with Crippen LogP contribution in [0.5, 0.6) is 0 Å². The van der Waals surface area contributed by atoms with Crippen LogP contribution in [0.1, 0.15) is 16.8 Å². The average molecular weight is 382 g/mol. The highest BCUT2D eigenvalue weighted by atomic mass is 32.2. The number of carbonyl (C=O) groups excluding carboxylic acids is 1. The maximum absolute atomic E-state index is 12.9. The summed E-state index contributed by atoms with van der Waals surface area (Å²) >= 11 is 0. The van der Waals surface area contributed by atoms with Crippen LogP contribution < -0.4 is 5.32 Å². The van der Waals surface area contributed by atoms with Crippen LogP contribution in [0.15, 0.2) is 61.1 Å². The molecular weight excluding hydrogens is 364 g/mol. The molecule has 1 aromatic carbocycles. The highest BCUT2D eigenvalue weighted by molar-refractivity contribution is 7.91. The Morgan fingerprint density at radius 2 is 1.96 bits per heavy atom. The number of amides is 1. The number of sulfone groups is 1. The summed E-state index contributed by atoms with van der Waals surface area (Å²) in [4.78, 5) is 17.0. The van der Waals surface area contributed by atoms with Crippen LogP contribution in [-0.4, -0.2) is 46.6 Å². The standard InChI is InChI=1S/C19H18N4O3S/c24-19(21-15-8-10-27(25,26)13-15)17-12-23(16-6-2-1-3-7-16)22-18(17)14-5-4-9-20-11-14/h1-7,9,11-12,15H,8,10,13H2,(H,21,24). The summed E-state index contributed by atoms with van der Waals surface area (Å²) in [6.07, 6.45) is 5.40. The van der Waals surface area contributed by atoms with Gasteiger partial charge in [0.25, 0.3) is 5.91 Å². The van der Waals surface area contributed by atoms with E-state index in [2.05, 4.69) is 15.4 Å². The third-order valence-electron chi connectivity index (χ3n) is 4.48. The van der Waals surface area contributed by atoms with Gasteiger partial charge in [-0.25, -0.2) is 13.1 Å². The summed E-state index contributed by atoms with van der Waals surface area (Å²) in [6, 6.07) is 12.7.